The molecule has 1 N–H and O–H groups in total. The normalized spacial score (nSPS) is 10.5. The van der Waals surface area contributed by atoms with Crippen molar-refractivity contribution in [1.29, 1.82) is 0 Å². The molecule has 0 saturated carbocycles. The van der Waals surface area contributed by atoms with Crippen LogP contribution in [0.25, 0.3) is 10.9 Å². The maximum absolute atomic E-state index is 12.2. The van der Waals surface area contributed by atoms with E-state index >= 15 is 0 Å². The molecule has 3 rings (SSSR count). The molecule has 6 heteroatoms. The Balaban J connectivity index is 1.62. The predicted octanol–water partition coefficient (Wildman–Crippen LogP) is 3.98. The van der Waals surface area contributed by atoms with Gasteiger partial charge in [0.05, 0.1) is 30.5 Å². The lowest BCUT2D eigenvalue weighted by Gasteiger charge is -2.10. The van der Waals surface area contributed by atoms with E-state index in [1.54, 1.807) is 32.4 Å². The van der Waals surface area contributed by atoms with E-state index in [1.807, 2.05) is 36.4 Å². The van der Waals surface area contributed by atoms with Crippen molar-refractivity contribution in [3.8, 4) is 11.5 Å². The number of methoxy groups -OCH3 is 2. The van der Waals surface area contributed by atoms with E-state index in [1.165, 1.54) is 11.8 Å². The number of ether oxygens (including phenoxy) is 2. The van der Waals surface area contributed by atoms with Crippen molar-refractivity contribution in [3.63, 3.8) is 0 Å². The highest BCUT2D eigenvalue weighted by atomic mass is 32.2. The van der Waals surface area contributed by atoms with Crippen LogP contribution < -0.4 is 14.8 Å². The summed E-state index contributed by atoms with van der Waals surface area (Å²) in [4.78, 5) is 16.7. The molecule has 2 aromatic carbocycles. The minimum atomic E-state index is -0.104. The Morgan fingerprint density at radius 2 is 1.84 bits per heavy atom. The molecule has 5 nitrogen and oxygen atoms in total. The number of hydrogen-bond acceptors (Lipinski definition) is 5. The molecule has 0 spiro atoms. The highest BCUT2D eigenvalue weighted by molar-refractivity contribution is 7.99. The van der Waals surface area contributed by atoms with Crippen LogP contribution in [0, 0.1) is 0 Å². The third-order valence-electron chi connectivity index (χ3n) is 3.59. The van der Waals surface area contributed by atoms with Crippen LogP contribution in [0.2, 0.25) is 0 Å². The SMILES string of the molecule is COc1ccc(NC(=O)CSc2ccc3ccccc3n2)cc1OC. The fourth-order valence-corrected chi connectivity index (χ4v) is 3.06. The summed E-state index contributed by atoms with van der Waals surface area (Å²) in [6, 6.07) is 17.1. The molecular weight excluding hydrogens is 336 g/mol. The lowest BCUT2D eigenvalue weighted by molar-refractivity contribution is -0.113. The maximum atomic E-state index is 12.2. The molecule has 0 aliphatic rings. The molecule has 1 amide bonds. The van der Waals surface area contributed by atoms with Gasteiger partial charge in [-0.25, -0.2) is 4.98 Å². The molecule has 1 aromatic heterocycles. The molecule has 0 fully saturated rings. The smallest absolute Gasteiger partial charge is 0.234 e. The average Bonchev–Trinajstić information content (AvgIpc) is 2.66. The number of amides is 1. The first-order valence-electron chi connectivity index (χ1n) is 7.70. The molecule has 3 aromatic rings. The fraction of sp³-hybridized carbons (Fsp3) is 0.158. The first-order chi connectivity index (χ1) is 12.2. The van der Waals surface area contributed by atoms with Gasteiger partial charge in [0.1, 0.15) is 0 Å². The van der Waals surface area contributed by atoms with Gasteiger partial charge >= 0.3 is 0 Å². The van der Waals surface area contributed by atoms with Crippen molar-refractivity contribution in [1.82, 2.24) is 4.98 Å². The lowest BCUT2D eigenvalue weighted by Crippen LogP contribution is -2.14. The number of nitrogens with one attached hydrogen (secondary N) is 1. The van der Waals surface area contributed by atoms with Crippen LogP contribution in [-0.2, 0) is 4.79 Å². The van der Waals surface area contributed by atoms with Crippen LogP contribution in [0.1, 0.15) is 0 Å². The molecular formula is C19H18N2O3S. The summed E-state index contributed by atoms with van der Waals surface area (Å²) < 4.78 is 10.4. The van der Waals surface area contributed by atoms with E-state index in [0.29, 0.717) is 17.2 Å². The number of carbonyl (C=O) groups excluding carboxylic acids is 1. The van der Waals surface area contributed by atoms with Crippen LogP contribution in [-0.4, -0.2) is 30.9 Å². The van der Waals surface area contributed by atoms with Crippen LogP contribution in [0.15, 0.2) is 59.6 Å². The second-order valence-electron chi connectivity index (χ2n) is 5.25. The molecule has 1 heterocycles. The van der Waals surface area contributed by atoms with Crippen molar-refractivity contribution in [3.05, 3.63) is 54.6 Å². The van der Waals surface area contributed by atoms with Gasteiger partial charge in [0.25, 0.3) is 0 Å². The Labute approximate surface area is 150 Å². The molecule has 0 bridgehead atoms. The zero-order chi connectivity index (χ0) is 17.6. The number of pyridine rings is 1. The number of nitrogens with zero attached hydrogens (tertiary/aromatic N) is 1. The van der Waals surface area contributed by atoms with E-state index in [4.69, 9.17) is 9.47 Å². The summed E-state index contributed by atoms with van der Waals surface area (Å²) in [5.74, 6) is 1.37. The van der Waals surface area contributed by atoms with Gasteiger partial charge in [-0.15, -0.1) is 0 Å². The number of hydrogen-bond donors (Lipinski definition) is 1. The van der Waals surface area contributed by atoms with Gasteiger partial charge in [-0.1, -0.05) is 36.0 Å². The van der Waals surface area contributed by atoms with Crippen molar-refractivity contribution in [2.24, 2.45) is 0 Å². The predicted molar refractivity (Wildman–Crippen MR) is 101 cm³/mol. The maximum Gasteiger partial charge on any atom is 0.234 e. The summed E-state index contributed by atoms with van der Waals surface area (Å²) in [5.41, 5.74) is 1.59. The molecule has 0 aliphatic heterocycles. The summed E-state index contributed by atoms with van der Waals surface area (Å²) in [7, 11) is 3.13. The molecule has 0 radical (unpaired) electrons. The van der Waals surface area contributed by atoms with Gasteiger partial charge in [-0.3, -0.25) is 4.79 Å². The summed E-state index contributed by atoms with van der Waals surface area (Å²) in [6.45, 7) is 0. The van der Waals surface area contributed by atoms with Crippen LogP contribution >= 0.6 is 11.8 Å². The molecule has 25 heavy (non-hydrogen) atoms. The van der Waals surface area contributed by atoms with E-state index in [9.17, 15) is 4.79 Å². The standard InChI is InChI=1S/C19H18N2O3S/c1-23-16-9-8-14(11-17(16)24-2)20-18(22)12-25-19-10-7-13-5-3-4-6-15(13)21-19/h3-11H,12H2,1-2H3,(H,20,22). The van der Waals surface area contributed by atoms with Gasteiger partial charge in [-0.05, 0) is 24.3 Å². The van der Waals surface area contributed by atoms with Crippen molar-refractivity contribution in [2.75, 3.05) is 25.3 Å². The molecule has 0 atom stereocenters. The second kappa shape index (κ2) is 7.90. The number of fused-ring (bicyclic) bond motifs is 1. The average molecular weight is 354 g/mol. The third kappa shape index (κ3) is 4.22. The monoisotopic (exact) mass is 354 g/mol. The first kappa shape index (κ1) is 17.1. The number of rotatable bonds is 6. The topological polar surface area (TPSA) is 60.5 Å². The van der Waals surface area contributed by atoms with E-state index in [2.05, 4.69) is 10.3 Å². The van der Waals surface area contributed by atoms with Gasteiger partial charge in [0.2, 0.25) is 5.91 Å². The molecule has 128 valence electrons. The first-order valence-corrected chi connectivity index (χ1v) is 8.68. The summed E-state index contributed by atoms with van der Waals surface area (Å²) in [5, 5.41) is 4.76. The number of benzene rings is 2. The summed E-state index contributed by atoms with van der Waals surface area (Å²) in [6.07, 6.45) is 0. The highest BCUT2D eigenvalue weighted by Crippen LogP contribution is 2.30. The Hall–Kier alpha value is -2.73. The fourth-order valence-electron chi connectivity index (χ4n) is 2.38. The number of thioether (sulfide) groups is 1. The lowest BCUT2D eigenvalue weighted by atomic mass is 10.2. The third-order valence-corrected chi connectivity index (χ3v) is 4.52. The number of para-hydroxylation sites is 1. The van der Waals surface area contributed by atoms with Gasteiger partial charge in [0.15, 0.2) is 11.5 Å². The van der Waals surface area contributed by atoms with Crippen LogP contribution in [0.5, 0.6) is 11.5 Å². The Morgan fingerprint density at radius 1 is 1.04 bits per heavy atom. The zero-order valence-electron chi connectivity index (χ0n) is 14.0. The molecule has 0 unspecified atom stereocenters. The van der Waals surface area contributed by atoms with Gasteiger partial charge in [-0.2, -0.15) is 0 Å². The largest absolute Gasteiger partial charge is 0.493 e. The number of anilines is 1. The van der Waals surface area contributed by atoms with E-state index in [0.717, 1.165) is 15.9 Å². The molecule has 0 saturated heterocycles. The van der Waals surface area contributed by atoms with Crippen molar-refractivity contribution >= 4 is 34.3 Å². The summed E-state index contributed by atoms with van der Waals surface area (Å²) >= 11 is 1.40. The Morgan fingerprint density at radius 3 is 2.64 bits per heavy atom. The number of aromatic nitrogens is 1. The second-order valence-corrected chi connectivity index (χ2v) is 6.24. The Bertz CT molecular complexity index is 899. The van der Waals surface area contributed by atoms with Crippen LogP contribution in [0.4, 0.5) is 5.69 Å². The zero-order valence-corrected chi connectivity index (χ0v) is 14.8. The van der Waals surface area contributed by atoms with Crippen LogP contribution in [0.3, 0.4) is 0 Å². The number of carbonyl (C=O) groups is 1. The minimum Gasteiger partial charge on any atom is -0.493 e. The van der Waals surface area contributed by atoms with Crippen molar-refractivity contribution in [2.45, 2.75) is 5.03 Å². The highest BCUT2D eigenvalue weighted by Gasteiger charge is 2.08. The van der Waals surface area contributed by atoms with E-state index in [-0.39, 0.29) is 11.7 Å². The molecule has 0 aliphatic carbocycles. The van der Waals surface area contributed by atoms with Crippen molar-refractivity contribution < 1.29 is 14.3 Å². The van der Waals surface area contributed by atoms with Gasteiger partial charge in [0, 0.05) is 17.1 Å². The Kier molecular flexibility index (Phi) is 5.40. The quantitative estimate of drug-likeness (QED) is 0.679. The van der Waals surface area contributed by atoms with Gasteiger partial charge < -0.3 is 14.8 Å². The minimum absolute atomic E-state index is 0.104. The van der Waals surface area contributed by atoms with E-state index < -0.39 is 0 Å².